The fraction of sp³-hybridized carbons (Fsp3) is 0.222. The van der Waals surface area contributed by atoms with Gasteiger partial charge in [-0.05, 0) is 24.3 Å². The average molecular weight is 435 g/mol. The summed E-state index contributed by atoms with van der Waals surface area (Å²) in [7, 11) is 0. The van der Waals surface area contributed by atoms with Gasteiger partial charge in [0.05, 0.1) is 22.0 Å². The van der Waals surface area contributed by atoms with Gasteiger partial charge in [-0.1, -0.05) is 18.7 Å². The predicted octanol–water partition coefficient (Wildman–Crippen LogP) is 3.60. The number of rotatable bonds is 5. The van der Waals surface area contributed by atoms with Crippen LogP contribution in [-0.2, 0) is 11.2 Å². The molecule has 2 aromatic heterocycles. The van der Waals surface area contributed by atoms with Gasteiger partial charge in [0, 0.05) is 23.2 Å². The third kappa shape index (κ3) is 3.98. The fourth-order valence-electron chi connectivity index (χ4n) is 2.79. The van der Waals surface area contributed by atoms with E-state index in [4.69, 9.17) is 0 Å². The first-order chi connectivity index (χ1) is 13.5. The van der Waals surface area contributed by atoms with Crippen molar-refractivity contribution < 1.29 is 9.18 Å². The SMILES string of the molecule is C[C@@H]1Cc2nc(SCC(=O)Nc3nccs3)n(-c3ccc(F)cc3)c(=O)c2S1. The number of carbonyl (C=O) groups is 1. The zero-order valence-corrected chi connectivity index (χ0v) is 17.2. The molecule has 1 amide bonds. The number of nitrogens with zero attached hydrogens (tertiary/aromatic N) is 3. The first-order valence-electron chi connectivity index (χ1n) is 8.42. The lowest BCUT2D eigenvalue weighted by Gasteiger charge is -2.13. The van der Waals surface area contributed by atoms with E-state index in [-0.39, 0.29) is 28.3 Å². The van der Waals surface area contributed by atoms with Gasteiger partial charge in [0.1, 0.15) is 5.82 Å². The van der Waals surface area contributed by atoms with Gasteiger partial charge in [-0.3, -0.25) is 14.2 Å². The number of fused-ring (bicyclic) bond motifs is 1. The molecule has 4 rings (SSSR count). The quantitative estimate of drug-likeness (QED) is 0.488. The van der Waals surface area contributed by atoms with Crippen LogP contribution in [0.15, 0.2) is 50.7 Å². The minimum atomic E-state index is -0.383. The fourth-order valence-corrected chi connectivity index (χ4v) is 5.26. The molecular weight excluding hydrogens is 419 g/mol. The molecule has 0 radical (unpaired) electrons. The Labute approximate surface area is 172 Å². The first kappa shape index (κ1) is 19.2. The van der Waals surface area contributed by atoms with E-state index < -0.39 is 0 Å². The van der Waals surface area contributed by atoms with E-state index in [0.29, 0.717) is 27.3 Å². The molecule has 0 fully saturated rings. The Hall–Kier alpha value is -2.17. The van der Waals surface area contributed by atoms with Gasteiger partial charge in [0.15, 0.2) is 10.3 Å². The Morgan fingerprint density at radius 2 is 2.18 bits per heavy atom. The Bertz CT molecular complexity index is 1070. The molecule has 6 nitrogen and oxygen atoms in total. The van der Waals surface area contributed by atoms with E-state index in [1.54, 1.807) is 11.6 Å². The van der Waals surface area contributed by atoms with Gasteiger partial charge >= 0.3 is 0 Å². The van der Waals surface area contributed by atoms with Gasteiger partial charge in [-0.2, -0.15) is 0 Å². The van der Waals surface area contributed by atoms with Crippen molar-refractivity contribution in [1.82, 2.24) is 14.5 Å². The molecule has 1 atom stereocenters. The van der Waals surface area contributed by atoms with E-state index >= 15 is 0 Å². The minimum Gasteiger partial charge on any atom is -0.301 e. The highest BCUT2D eigenvalue weighted by Crippen LogP contribution is 2.34. The van der Waals surface area contributed by atoms with Crippen LogP contribution in [0, 0.1) is 5.82 Å². The number of halogens is 1. The summed E-state index contributed by atoms with van der Waals surface area (Å²) in [5, 5.41) is 5.69. The van der Waals surface area contributed by atoms with E-state index in [1.807, 2.05) is 6.92 Å². The van der Waals surface area contributed by atoms with Crippen LogP contribution in [0.3, 0.4) is 0 Å². The van der Waals surface area contributed by atoms with Crippen molar-refractivity contribution in [3.05, 3.63) is 57.7 Å². The smallest absolute Gasteiger partial charge is 0.272 e. The van der Waals surface area contributed by atoms with Crippen LogP contribution in [0.2, 0.25) is 0 Å². The van der Waals surface area contributed by atoms with Crippen molar-refractivity contribution in [2.24, 2.45) is 0 Å². The maximum absolute atomic E-state index is 13.3. The minimum absolute atomic E-state index is 0.0781. The number of thioether (sulfide) groups is 2. The molecule has 28 heavy (non-hydrogen) atoms. The number of thiazole rings is 1. The largest absolute Gasteiger partial charge is 0.301 e. The lowest BCUT2D eigenvalue weighted by molar-refractivity contribution is -0.113. The molecule has 0 aliphatic carbocycles. The summed E-state index contributed by atoms with van der Waals surface area (Å²) in [5.41, 5.74) is 1.09. The third-order valence-electron chi connectivity index (χ3n) is 3.98. The summed E-state index contributed by atoms with van der Waals surface area (Å²) < 4.78 is 14.8. The van der Waals surface area contributed by atoms with Crippen LogP contribution >= 0.6 is 34.9 Å². The molecule has 0 saturated heterocycles. The lowest BCUT2D eigenvalue weighted by atomic mass is 10.2. The summed E-state index contributed by atoms with van der Waals surface area (Å²) in [6, 6.07) is 5.67. The number of nitrogens with one attached hydrogen (secondary N) is 1. The molecule has 144 valence electrons. The Morgan fingerprint density at radius 1 is 1.39 bits per heavy atom. The van der Waals surface area contributed by atoms with Gasteiger partial charge in [-0.25, -0.2) is 14.4 Å². The van der Waals surface area contributed by atoms with Crippen molar-refractivity contribution in [3.63, 3.8) is 0 Å². The molecule has 0 bridgehead atoms. The molecule has 0 spiro atoms. The van der Waals surface area contributed by atoms with E-state index in [9.17, 15) is 14.0 Å². The second kappa shape index (κ2) is 8.06. The maximum Gasteiger partial charge on any atom is 0.272 e. The van der Waals surface area contributed by atoms with E-state index in [0.717, 1.165) is 5.69 Å². The number of carbonyl (C=O) groups excluding carboxylic acids is 1. The molecule has 0 unspecified atom stereocenters. The summed E-state index contributed by atoms with van der Waals surface area (Å²) in [4.78, 5) is 34.6. The Balaban J connectivity index is 1.66. The number of aromatic nitrogens is 3. The molecule has 3 aromatic rings. The van der Waals surface area contributed by atoms with Gasteiger partial charge in [0.25, 0.3) is 5.56 Å². The highest BCUT2D eigenvalue weighted by Gasteiger charge is 2.27. The van der Waals surface area contributed by atoms with E-state index in [1.165, 1.54) is 63.7 Å². The molecule has 10 heteroatoms. The maximum atomic E-state index is 13.3. The zero-order chi connectivity index (χ0) is 19.7. The molecule has 1 aliphatic heterocycles. The van der Waals surface area contributed by atoms with Crippen molar-refractivity contribution in [1.29, 1.82) is 0 Å². The summed E-state index contributed by atoms with van der Waals surface area (Å²) in [5.74, 6) is -0.539. The standard InChI is InChI=1S/C18H15FN4O2S3/c1-10-8-13-15(28-10)16(25)23(12-4-2-11(19)3-5-12)18(21-13)27-9-14(24)22-17-20-6-7-26-17/h2-7,10H,8-9H2,1H3,(H,20,22,24)/t10-/m1/s1. The topological polar surface area (TPSA) is 76.9 Å². The van der Waals surface area contributed by atoms with Crippen molar-refractivity contribution >= 4 is 45.9 Å². The van der Waals surface area contributed by atoms with E-state index in [2.05, 4.69) is 15.3 Å². The predicted molar refractivity (Wildman–Crippen MR) is 110 cm³/mol. The molecule has 1 aromatic carbocycles. The van der Waals surface area contributed by atoms with Crippen molar-refractivity contribution in [2.75, 3.05) is 11.1 Å². The highest BCUT2D eigenvalue weighted by molar-refractivity contribution is 8.00. The third-order valence-corrected chi connectivity index (χ3v) is 6.82. The number of hydrogen-bond donors (Lipinski definition) is 1. The molecule has 1 N–H and O–H groups in total. The highest BCUT2D eigenvalue weighted by atomic mass is 32.2. The molecule has 0 saturated carbocycles. The van der Waals surface area contributed by atoms with Gasteiger partial charge in [-0.15, -0.1) is 23.1 Å². The number of hydrogen-bond acceptors (Lipinski definition) is 7. The van der Waals surface area contributed by atoms with Crippen LogP contribution in [0.25, 0.3) is 5.69 Å². The van der Waals surface area contributed by atoms with Crippen LogP contribution in [0.5, 0.6) is 0 Å². The monoisotopic (exact) mass is 434 g/mol. The van der Waals surface area contributed by atoms with Gasteiger partial charge < -0.3 is 5.32 Å². The Morgan fingerprint density at radius 3 is 2.89 bits per heavy atom. The summed E-state index contributed by atoms with van der Waals surface area (Å²) >= 11 is 4.00. The summed E-state index contributed by atoms with van der Waals surface area (Å²) in [6.45, 7) is 2.04. The zero-order valence-electron chi connectivity index (χ0n) is 14.7. The molecular formula is C18H15FN4O2S3. The van der Waals surface area contributed by atoms with Crippen LogP contribution in [-0.4, -0.2) is 31.4 Å². The normalized spacial score (nSPS) is 15.4. The van der Waals surface area contributed by atoms with Crippen LogP contribution in [0.4, 0.5) is 9.52 Å². The average Bonchev–Trinajstić information content (AvgIpc) is 3.30. The molecule has 1 aliphatic rings. The number of benzene rings is 1. The second-order valence-corrected chi connectivity index (χ2v) is 9.38. The summed E-state index contributed by atoms with van der Waals surface area (Å²) in [6.07, 6.45) is 2.32. The van der Waals surface area contributed by atoms with Gasteiger partial charge in [0.2, 0.25) is 5.91 Å². The Kier molecular flexibility index (Phi) is 5.51. The lowest BCUT2D eigenvalue weighted by Crippen LogP contribution is -2.24. The van der Waals surface area contributed by atoms with Crippen LogP contribution < -0.4 is 10.9 Å². The van der Waals surface area contributed by atoms with Crippen molar-refractivity contribution in [2.45, 2.75) is 28.6 Å². The number of anilines is 1. The molecule has 3 heterocycles. The van der Waals surface area contributed by atoms with Crippen LogP contribution in [0.1, 0.15) is 12.6 Å². The first-order valence-corrected chi connectivity index (χ1v) is 11.2. The van der Waals surface area contributed by atoms with Crippen molar-refractivity contribution in [3.8, 4) is 5.69 Å². The number of amides is 1. The second-order valence-electron chi connectivity index (χ2n) is 6.09.